The van der Waals surface area contributed by atoms with Gasteiger partial charge >= 0.3 is 0 Å². The molecule has 1 unspecified atom stereocenters. The fourth-order valence-corrected chi connectivity index (χ4v) is 3.73. The van der Waals surface area contributed by atoms with Crippen LogP contribution in [0.25, 0.3) is 0 Å². The van der Waals surface area contributed by atoms with Crippen LogP contribution in [-0.4, -0.2) is 25.8 Å². The summed E-state index contributed by atoms with van der Waals surface area (Å²) in [6.07, 6.45) is 2.84. The number of benzene rings is 1. The van der Waals surface area contributed by atoms with Crippen molar-refractivity contribution in [3.63, 3.8) is 0 Å². The molecule has 100 valence electrons. The maximum atomic E-state index is 12.8. The molecule has 1 aliphatic rings. The summed E-state index contributed by atoms with van der Waals surface area (Å²) in [4.78, 5) is 0.179. The Morgan fingerprint density at radius 2 is 1.83 bits per heavy atom. The summed E-state index contributed by atoms with van der Waals surface area (Å²) < 4.78 is 39.1. The molecule has 1 aromatic rings. The van der Waals surface area contributed by atoms with Gasteiger partial charge in [-0.15, -0.1) is 0 Å². The predicted molar refractivity (Wildman–Crippen MR) is 68.2 cm³/mol. The molecule has 1 saturated heterocycles. The Kier molecular flexibility index (Phi) is 4.02. The van der Waals surface area contributed by atoms with Crippen molar-refractivity contribution in [3.8, 4) is 0 Å². The average Bonchev–Trinajstić information content (AvgIpc) is 2.55. The van der Waals surface area contributed by atoms with E-state index in [-0.39, 0.29) is 4.90 Å². The van der Waals surface area contributed by atoms with E-state index >= 15 is 0 Å². The highest BCUT2D eigenvalue weighted by Crippen LogP contribution is 2.22. The molecule has 0 N–H and O–H groups in total. The van der Waals surface area contributed by atoms with Gasteiger partial charge in [0.05, 0.1) is 4.90 Å². The van der Waals surface area contributed by atoms with Gasteiger partial charge in [-0.3, -0.25) is 0 Å². The van der Waals surface area contributed by atoms with E-state index in [9.17, 15) is 12.8 Å². The molecule has 2 rings (SSSR count). The lowest BCUT2D eigenvalue weighted by atomic mass is 10.0. The first kappa shape index (κ1) is 13.5. The molecule has 0 bridgehead atoms. The van der Waals surface area contributed by atoms with Crippen molar-refractivity contribution in [2.24, 2.45) is 5.92 Å². The minimum atomic E-state index is -3.46. The normalized spacial score (nSPS) is 22.7. The molecule has 18 heavy (non-hydrogen) atoms. The summed E-state index contributed by atoms with van der Waals surface area (Å²) in [5.74, 6) is 0.150. The average molecular weight is 271 g/mol. The van der Waals surface area contributed by atoms with Gasteiger partial charge in [-0.25, -0.2) is 12.8 Å². The first-order valence-corrected chi connectivity index (χ1v) is 7.70. The van der Waals surface area contributed by atoms with E-state index in [1.54, 1.807) is 0 Å². The minimum Gasteiger partial charge on any atom is -0.207 e. The lowest BCUT2D eigenvalue weighted by Gasteiger charge is -2.20. The third kappa shape index (κ3) is 2.90. The number of halogens is 1. The van der Waals surface area contributed by atoms with Crippen LogP contribution in [0.2, 0.25) is 0 Å². The van der Waals surface area contributed by atoms with Gasteiger partial charge in [-0.05, 0) is 49.4 Å². The lowest BCUT2D eigenvalue weighted by molar-refractivity contribution is 0.416. The lowest BCUT2D eigenvalue weighted by Crippen LogP contribution is -2.32. The number of sulfonamides is 1. The highest BCUT2D eigenvalue weighted by Gasteiger charge is 2.26. The summed E-state index contributed by atoms with van der Waals surface area (Å²) in [5.41, 5.74) is 0. The molecule has 0 aromatic heterocycles. The minimum absolute atomic E-state index is 0.179. The van der Waals surface area contributed by atoms with E-state index in [0.717, 1.165) is 19.3 Å². The second-order valence-corrected chi connectivity index (χ2v) is 6.83. The Balaban J connectivity index is 2.22. The SMILES string of the molecule is CC1CCCN(S(=O)(=O)c2ccc(F)cc2)CC1. The second kappa shape index (κ2) is 5.36. The highest BCUT2D eigenvalue weighted by molar-refractivity contribution is 7.89. The molecule has 1 atom stereocenters. The largest absolute Gasteiger partial charge is 0.243 e. The van der Waals surface area contributed by atoms with E-state index in [4.69, 9.17) is 0 Å². The smallest absolute Gasteiger partial charge is 0.207 e. The van der Waals surface area contributed by atoms with Crippen LogP contribution in [0.15, 0.2) is 29.2 Å². The van der Waals surface area contributed by atoms with Crippen LogP contribution in [0.5, 0.6) is 0 Å². The van der Waals surface area contributed by atoms with E-state index in [1.807, 2.05) is 0 Å². The molecule has 0 radical (unpaired) electrons. The topological polar surface area (TPSA) is 37.4 Å². The zero-order valence-electron chi connectivity index (χ0n) is 10.5. The van der Waals surface area contributed by atoms with Gasteiger partial charge in [0.25, 0.3) is 0 Å². The quantitative estimate of drug-likeness (QED) is 0.829. The van der Waals surface area contributed by atoms with Crippen LogP contribution in [0, 0.1) is 11.7 Å². The second-order valence-electron chi connectivity index (χ2n) is 4.89. The number of hydrogen-bond donors (Lipinski definition) is 0. The summed E-state index contributed by atoms with van der Waals surface area (Å²) in [6.45, 7) is 3.26. The molecule has 0 spiro atoms. The molecule has 3 nitrogen and oxygen atoms in total. The van der Waals surface area contributed by atoms with Gasteiger partial charge in [0.15, 0.2) is 0 Å². The summed E-state index contributed by atoms with van der Waals surface area (Å²) in [7, 11) is -3.46. The summed E-state index contributed by atoms with van der Waals surface area (Å²) in [6, 6.07) is 5.04. The predicted octanol–water partition coefficient (Wildman–Crippen LogP) is 2.64. The van der Waals surface area contributed by atoms with Crippen molar-refractivity contribution in [2.75, 3.05) is 13.1 Å². The maximum Gasteiger partial charge on any atom is 0.243 e. The summed E-state index contributed by atoms with van der Waals surface area (Å²) in [5, 5.41) is 0. The van der Waals surface area contributed by atoms with Gasteiger partial charge in [0, 0.05) is 13.1 Å². The standard InChI is InChI=1S/C13H18FNO2S/c1-11-3-2-9-15(10-8-11)18(16,17)13-6-4-12(14)5-7-13/h4-7,11H,2-3,8-10H2,1H3. The van der Waals surface area contributed by atoms with Crippen LogP contribution >= 0.6 is 0 Å². The molecular formula is C13H18FNO2S. The monoisotopic (exact) mass is 271 g/mol. The van der Waals surface area contributed by atoms with Gasteiger partial charge < -0.3 is 0 Å². The third-order valence-electron chi connectivity index (χ3n) is 3.43. The molecule has 1 heterocycles. The molecule has 1 aliphatic heterocycles. The first-order chi connectivity index (χ1) is 8.50. The summed E-state index contributed by atoms with van der Waals surface area (Å²) >= 11 is 0. The van der Waals surface area contributed by atoms with Crippen LogP contribution in [0.3, 0.4) is 0 Å². The Bertz CT molecular complexity index is 498. The maximum absolute atomic E-state index is 12.8. The van der Waals surface area contributed by atoms with Gasteiger partial charge in [-0.1, -0.05) is 6.92 Å². The molecule has 5 heteroatoms. The molecule has 1 aromatic carbocycles. The molecular weight excluding hydrogens is 253 g/mol. The van der Waals surface area contributed by atoms with Gasteiger partial charge in [0.2, 0.25) is 10.0 Å². The Morgan fingerprint density at radius 1 is 1.17 bits per heavy atom. The van der Waals surface area contributed by atoms with E-state index in [1.165, 1.54) is 28.6 Å². The Morgan fingerprint density at radius 3 is 2.50 bits per heavy atom. The van der Waals surface area contributed by atoms with Crippen molar-refractivity contribution in [1.82, 2.24) is 4.31 Å². The zero-order valence-corrected chi connectivity index (χ0v) is 11.3. The Labute approximate surface area is 108 Å². The van der Waals surface area contributed by atoms with E-state index < -0.39 is 15.8 Å². The molecule has 0 aliphatic carbocycles. The van der Waals surface area contributed by atoms with Crippen LogP contribution in [0.1, 0.15) is 26.2 Å². The molecule has 1 fully saturated rings. The van der Waals surface area contributed by atoms with Crippen molar-refractivity contribution in [2.45, 2.75) is 31.1 Å². The van der Waals surface area contributed by atoms with E-state index in [0.29, 0.717) is 19.0 Å². The van der Waals surface area contributed by atoms with Crippen molar-refractivity contribution >= 4 is 10.0 Å². The zero-order chi connectivity index (χ0) is 13.2. The Hall–Kier alpha value is -0.940. The fourth-order valence-electron chi connectivity index (χ4n) is 2.23. The number of hydrogen-bond acceptors (Lipinski definition) is 2. The van der Waals surface area contributed by atoms with Crippen LogP contribution in [0.4, 0.5) is 4.39 Å². The number of rotatable bonds is 2. The van der Waals surface area contributed by atoms with Gasteiger partial charge in [0.1, 0.15) is 5.82 Å². The van der Waals surface area contributed by atoms with Gasteiger partial charge in [-0.2, -0.15) is 4.31 Å². The number of nitrogens with zero attached hydrogens (tertiary/aromatic N) is 1. The van der Waals surface area contributed by atoms with E-state index in [2.05, 4.69) is 6.92 Å². The van der Waals surface area contributed by atoms with Crippen LogP contribution in [-0.2, 0) is 10.0 Å². The molecule has 0 amide bonds. The van der Waals surface area contributed by atoms with Crippen molar-refractivity contribution in [3.05, 3.63) is 30.1 Å². The van der Waals surface area contributed by atoms with Crippen LogP contribution < -0.4 is 0 Å². The third-order valence-corrected chi connectivity index (χ3v) is 5.34. The fraction of sp³-hybridized carbons (Fsp3) is 0.538. The highest BCUT2D eigenvalue weighted by atomic mass is 32.2. The van der Waals surface area contributed by atoms with Crippen molar-refractivity contribution < 1.29 is 12.8 Å². The first-order valence-electron chi connectivity index (χ1n) is 6.26. The molecule has 0 saturated carbocycles. The van der Waals surface area contributed by atoms with Crippen molar-refractivity contribution in [1.29, 1.82) is 0 Å².